The topological polar surface area (TPSA) is 93.2 Å². The van der Waals surface area contributed by atoms with E-state index in [4.69, 9.17) is 17.3 Å². The molecule has 2 heterocycles. The molecule has 1 aromatic carbocycles. The molecule has 2 aromatic rings. The van der Waals surface area contributed by atoms with Gasteiger partial charge in [-0.25, -0.2) is 18.0 Å². The van der Waals surface area contributed by atoms with E-state index in [0.717, 1.165) is 0 Å². The second kappa shape index (κ2) is 6.62. The van der Waals surface area contributed by atoms with Gasteiger partial charge in [-0.15, -0.1) is 0 Å². The van der Waals surface area contributed by atoms with Gasteiger partial charge in [0.2, 0.25) is 0 Å². The van der Waals surface area contributed by atoms with Gasteiger partial charge in [-0.1, -0.05) is 11.6 Å². The lowest BCUT2D eigenvalue weighted by Gasteiger charge is -2.38. The molecule has 2 aliphatic carbocycles. The third-order valence-corrected chi connectivity index (χ3v) is 6.81. The van der Waals surface area contributed by atoms with E-state index in [9.17, 15) is 22.8 Å². The molecule has 0 radical (unpaired) electrons. The fraction of sp³-hybridized carbons (Fsp3) is 0.450. The Morgan fingerprint density at radius 3 is 2.58 bits per heavy atom. The number of carbonyl (C=O) groups is 2. The van der Waals surface area contributed by atoms with E-state index in [2.05, 4.69) is 10.4 Å². The lowest BCUT2D eigenvalue weighted by molar-refractivity contribution is 0.0149. The zero-order valence-corrected chi connectivity index (χ0v) is 17.1. The molecule has 0 bridgehead atoms. The van der Waals surface area contributed by atoms with Crippen LogP contribution in [-0.4, -0.2) is 45.1 Å². The molecule has 3 amide bonds. The summed E-state index contributed by atoms with van der Waals surface area (Å²) >= 11 is 5.86. The molecule has 3 aliphatic rings. The number of hydrogen-bond donors (Lipinski definition) is 2. The van der Waals surface area contributed by atoms with Crippen molar-refractivity contribution in [1.29, 1.82) is 0 Å². The molecule has 2 saturated carbocycles. The highest BCUT2D eigenvalue weighted by molar-refractivity contribution is 6.31. The van der Waals surface area contributed by atoms with Crippen molar-refractivity contribution in [3.63, 3.8) is 0 Å². The Labute approximate surface area is 180 Å². The van der Waals surface area contributed by atoms with Crippen LogP contribution in [-0.2, 0) is 13.1 Å². The summed E-state index contributed by atoms with van der Waals surface area (Å²) in [6.45, 7) is 0.737. The van der Waals surface area contributed by atoms with Crippen LogP contribution in [0.2, 0.25) is 5.02 Å². The Bertz CT molecular complexity index is 1110. The minimum Gasteiger partial charge on any atom is -0.365 e. The van der Waals surface area contributed by atoms with E-state index in [0.29, 0.717) is 24.3 Å². The first kappa shape index (κ1) is 20.2. The summed E-state index contributed by atoms with van der Waals surface area (Å²) in [4.78, 5) is 26.4. The predicted octanol–water partition coefficient (Wildman–Crippen LogP) is 3.15. The number of rotatable bonds is 3. The Morgan fingerprint density at radius 2 is 1.97 bits per heavy atom. The zero-order valence-electron chi connectivity index (χ0n) is 16.3. The van der Waals surface area contributed by atoms with Crippen LogP contribution in [0.5, 0.6) is 0 Å². The van der Waals surface area contributed by atoms with Crippen LogP contribution >= 0.6 is 11.6 Å². The summed E-state index contributed by atoms with van der Waals surface area (Å²) < 4.78 is 41.9. The summed E-state index contributed by atoms with van der Waals surface area (Å²) in [6, 6.07) is 3.34. The SMILES string of the molecule is NC(=O)c1c(-c2ccc(F)c(Cl)c2)nn2c1CN(C(=O)NC1CC3(C1)CC3(F)F)CC2. The molecule has 31 heavy (non-hydrogen) atoms. The largest absolute Gasteiger partial charge is 0.365 e. The van der Waals surface area contributed by atoms with Crippen LogP contribution in [0, 0.1) is 11.2 Å². The van der Waals surface area contributed by atoms with Gasteiger partial charge in [-0.3, -0.25) is 9.48 Å². The van der Waals surface area contributed by atoms with Crippen LogP contribution < -0.4 is 11.1 Å². The molecule has 164 valence electrons. The van der Waals surface area contributed by atoms with Gasteiger partial charge in [0.15, 0.2) is 0 Å². The number of aromatic nitrogens is 2. The van der Waals surface area contributed by atoms with E-state index in [1.165, 1.54) is 23.1 Å². The summed E-state index contributed by atoms with van der Waals surface area (Å²) in [7, 11) is 0. The molecule has 5 rings (SSSR count). The second-order valence-electron chi connectivity index (χ2n) is 8.52. The number of halogens is 4. The third-order valence-electron chi connectivity index (χ3n) is 6.52. The molecule has 1 aliphatic heterocycles. The first-order valence-electron chi connectivity index (χ1n) is 9.88. The lowest BCUT2D eigenvalue weighted by atomic mass is 9.76. The second-order valence-corrected chi connectivity index (χ2v) is 8.93. The van der Waals surface area contributed by atoms with Crippen LogP contribution in [0.3, 0.4) is 0 Å². The van der Waals surface area contributed by atoms with E-state index >= 15 is 0 Å². The number of urea groups is 1. The van der Waals surface area contributed by atoms with Crippen LogP contribution in [0.4, 0.5) is 18.0 Å². The molecule has 1 spiro atoms. The average molecular weight is 454 g/mol. The van der Waals surface area contributed by atoms with Gasteiger partial charge in [-0.2, -0.15) is 5.10 Å². The zero-order chi connectivity index (χ0) is 22.1. The minimum absolute atomic E-state index is 0.0834. The van der Waals surface area contributed by atoms with Crippen molar-refractivity contribution >= 4 is 23.5 Å². The number of alkyl halides is 2. The quantitative estimate of drug-likeness (QED) is 0.747. The maximum absolute atomic E-state index is 13.5. The number of nitrogens with two attached hydrogens (primary N) is 1. The number of carbonyl (C=O) groups excluding carboxylic acids is 2. The van der Waals surface area contributed by atoms with Gasteiger partial charge in [0, 0.05) is 30.0 Å². The van der Waals surface area contributed by atoms with Crippen molar-refractivity contribution in [2.24, 2.45) is 11.1 Å². The molecule has 3 N–H and O–H groups in total. The van der Waals surface area contributed by atoms with Crippen LogP contribution in [0.15, 0.2) is 18.2 Å². The van der Waals surface area contributed by atoms with Crippen LogP contribution in [0.25, 0.3) is 11.3 Å². The molecular weight excluding hydrogens is 435 g/mol. The number of benzene rings is 1. The summed E-state index contributed by atoms with van der Waals surface area (Å²) in [6.07, 6.45) is 0.451. The van der Waals surface area contributed by atoms with Gasteiger partial charge in [0.05, 0.1) is 29.4 Å². The molecule has 11 heteroatoms. The molecule has 7 nitrogen and oxygen atoms in total. The van der Waals surface area contributed by atoms with Gasteiger partial charge < -0.3 is 16.0 Å². The molecule has 2 fully saturated rings. The highest BCUT2D eigenvalue weighted by Crippen LogP contribution is 2.70. The molecule has 0 saturated heterocycles. The number of nitrogens with one attached hydrogen (secondary N) is 1. The van der Waals surface area contributed by atoms with Crippen molar-refractivity contribution in [3.05, 3.63) is 40.3 Å². The Hall–Kier alpha value is -2.75. The highest BCUT2D eigenvalue weighted by atomic mass is 35.5. The average Bonchev–Trinajstić information content (AvgIpc) is 3.06. The van der Waals surface area contributed by atoms with Gasteiger partial charge >= 0.3 is 6.03 Å². The maximum Gasteiger partial charge on any atom is 0.318 e. The summed E-state index contributed by atoms with van der Waals surface area (Å²) in [5.41, 5.74) is 5.97. The highest BCUT2D eigenvalue weighted by Gasteiger charge is 2.75. The number of amides is 3. The smallest absolute Gasteiger partial charge is 0.318 e. The van der Waals surface area contributed by atoms with Crippen molar-refractivity contribution in [2.75, 3.05) is 6.54 Å². The fourth-order valence-electron chi connectivity index (χ4n) is 4.67. The van der Waals surface area contributed by atoms with Gasteiger partial charge in [0.1, 0.15) is 11.5 Å². The predicted molar refractivity (Wildman–Crippen MR) is 105 cm³/mol. The fourth-order valence-corrected chi connectivity index (χ4v) is 4.85. The first-order valence-corrected chi connectivity index (χ1v) is 10.3. The molecule has 0 unspecified atom stereocenters. The van der Waals surface area contributed by atoms with E-state index < -0.39 is 23.1 Å². The Balaban J connectivity index is 1.34. The maximum atomic E-state index is 13.5. The van der Waals surface area contributed by atoms with Crippen molar-refractivity contribution < 1.29 is 22.8 Å². The molecular formula is C20H19ClF3N5O2. The van der Waals surface area contributed by atoms with Crippen molar-refractivity contribution in [3.8, 4) is 11.3 Å². The number of hydrogen-bond acceptors (Lipinski definition) is 3. The molecule has 1 aromatic heterocycles. The third kappa shape index (κ3) is 3.15. The van der Waals surface area contributed by atoms with Crippen molar-refractivity contribution in [1.82, 2.24) is 20.0 Å². The Morgan fingerprint density at radius 1 is 1.26 bits per heavy atom. The monoisotopic (exact) mass is 453 g/mol. The number of primary amides is 1. The summed E-state index contributed by atoms with van der Waals surface area (Å²) in [5, 5.41) is 7.12. The van der Waals surface area contributed by atoms with E-state index in [1.54, 1.807) is 4.68 Å². The number of nitrogens with zero attached hydrogens (tertiary/aromatic N) is 3. The van der Waals surface area contributed by atoms with Crippen LogP contribution in [0.1, 0.15) is 35.3 Å². The van der Waals surface area contributed by atoms with Crippen molar-refractivity contribution in [2.45, 2.75) is 44.3 Å². The first-order chi connectivity index (χ1) is 14.6. The van der Waals surface area contributed by atoms with E-state index in [-0.39, 0.29) is 54.2 Å². The summed E-state index contributed by atoms with van der Waals surface area (Å²) in [5.74, 6) is -3.93. The van der Waals surface area contributed by atoms with Gasteiger partial charge in [0.25, 0.3) is 11.8 Å². The minimum atomic E-state index is -2.61. The Kier molecular flexibility index (Phi) is 4.31. The van der Waals surface area contributed by atoms with Gasteiger partial charge in [-0.05, 0) is 31.0 Å². The molecule has 0 atom stereocenters. The lowest BCUT2D eigenvalue weighted by Crippen LogP contribution is -2.53. The standard InChI is InChI=1S/C20H19ClF3N5O2/c21-12-5-10(1-2-13(12)22)16-15(17(25)30)14-8-28(3-4-29(14)27-16)18(31)26-11-6-19(7-11)9-20(19,23)24/h1-2,5,11H,3-4,6-9H2,(H2,25,30)(H,26,31). The van der Waals surface area contributed by atoms with E-state index in [1.807, 2.05) is 0 Å². The normalized spacial score (nSPS) is 25.7. The number of fused-ring (bicyclic) bond motifs is 1.